The van der Waals surface area contributed by atoms with E-state index in [0.717, 1.165) is 17.5 Å². The van der Waals surface area contributed by atoms with Gasteiger partial charge < -0.3 is 20.3 Å². The summed E-state index contributed by atoms with van der Waals surface area (Å²) in [6.07, 6.45) is 1.20. The highest BCUT2D eigenvalue weighted by molar-refractivity contribution is 6.30. The summed E-state index contributed by atoms with van der Waals surface area (Å²) in [5.74, 6) is 0.0182. The second-order valence-electron chi connectivity index (χ2n) is 5.58. The molecule has 22 heavy (non-hydrogen) atoms. The van der Waals surface area contributed by atoms with Gasteiger partial charge in [0, 0.05) is 17.7 Å². The zero-order valence-corrected chi connectivity index (χ0v) is 13.4. The zero-order valence-electron chi connectivity index (χ0n) is 12.7. The number of halogens is 1. The number of nitrogens with zero attached hydrogens (tertiary/aromatic N) is 1. The van der Waals surface area contributed by atoms with Crippen LogP contribution >= 0.6 is 11.6 Å². The summed E-state index contributed by atoms with van der Waals surface area (Å²) < 4.78 is 10.9. The largest absolute Gasteiger partial charge is 0.449 e. The van der Waals surface area contributed by atoms with Crippen molar-refractivity contribution in [2.75, 3.05) is 6.61 Å². The number of hydrogen-bond donors (Lipinski definition) is 2. The van der Waals surface area contributed by atoms with E-state index in [1.165, 1.54) is 0 Å². The molecule has 0 saturated carbocycles. The molecule has 1 aromatic rings. The number of rotatable bonds is 5. The van der Waals surface area contributed by atoms with Gasteiger partial charge in [-0.15, -0.1) is 0 Å². The van der Waals surface area contributed by atoms with E-state index in [0.29, 0.717) is 11.6 Å². The van der Waals surface area contributed by atoms with Crippen molar-refractivity contribution in [2.45, 2.75) is 50.9 Å². The van der Waals surface area contributed by atoms with Gasteiger partial charge in [-0.3, -0.25) is 0 Å². The molecule has 6 nitrogen and oxygen atoms in total. The van der Waals surface area contributed by atoms with Crippen LogP contribution < -0.4 is 5.73 Å². The van der Waals surface area contributed by atoms with E-state index in [1.807, 2.05) is 13.0 Å². The Hall–Kier alpha value is -1.37. The molecule has 0 radical (unpaired) electrons. The Labute approximate surface area is 134 Å². The highest BCUT2D eigenvalue weighted by Gasteiger charge is 2.32. The minimum Gasteiger partial charge on any atom is -0.449 e. The van der Waals surface area contributed by atoms with Gasteiger partial charge in [-0.1, -0.05) is 11.6 Å². The molecule has 3 N–H and O–H groups in total. The van der Waals surface area contributed by atoms with Crippen LogP contribution in [0, 0.1) is 0 Å². The fraction of sp³-hybridized carbons (Fsp3) is 0.600. The van der Waals surface area contributed by atoms with Gasteiger partial charge in [-0.05, 0) is 38.3 Å². The molecule has 0 bridgehead atoms. The molecule has 0 spiro atoms. The third-order valence-electron chi connectivity index (χ3n) is 4.00. The number of carbonyl (C=O) groups is 1. The van der Waals surface area contributed by atoms with Gasteiger partial charge in [-0.25, -0.2) is 9.78 Å². The summed E-state index contributed by atoms with van der Waals surface area (Å²) >= 11 is 6.24. The van der Waals surface area contributed by atoms with Gasteiger partial charge >= 0.3 is 6.09 Å². The van der Waals surface area contributed by atoms with Gasteiger partial charge in [0.25, 0.3) is 0 Å². The maximum absolute atomic E-state index is 10.8. The van der Waals surface area contributed by atoms with Crippen LogP contribution in [0.15, 0.2) is 12.3 Å². The van der Waals surface area contributed by atoms with Crippen LogP contribution in [-0.4, -0.2) is 35.0 Å². The molecule has 1 aliphatic carbocycles. The van der Waals surface area contributed by atoms with E-state index in [9.17, 15) is 9.90 Å². The van der Waals surface area contributed by atoms with Crippen LogP contribution in [0.1, 0.15) is 49.8 Å². The molecule has 0 aliphatic heterocycles. The number of amides is 1. The maximum atomic E-state index is 10.8. The summed E-state index contributed by atoms with van der Waals surface area (Å²) in [7, 11) is 0. The molecule has 2 rings (SSSR count). The Bertz CT molecular complexity index is 538. The maximum Gasteiger partial charge on any atom is 0.404 e. The van der Waals surface area contributed by atoms with E-state index in [-0.39, 0.29) is 24.7 Å². The predicted molar refractivity (Wildman–Crippen MR) is 81.7 cm³/mol. The Kier molecular flexibility index (Phi) is 5.61. The fourth-order valence-corrected chi connectivity index (χ4v) is 2.94. The number of hydrogen-bond acceptors (Lipinski definition) is 5. The molecule has 0 aromatic carbocycles. The van der Waals surface area contributed by atoms with Crippen molar-refractivity contribution in [1.82, 2.24) is 4.98 Å². The number of nitrogens with two attached hydrogens (primary N) is 1. The van der Waals surface area contributed by atoms with Crippen LogP contribution in [0.4, 0.5) is 4.79 Å². The molecule has 4 atom stereocenters. The molecule has 1 aliphatic rings. The summed E-state index contributed by atoms with van der Waals surface area (Å²) in [6, 6.07) is 1.86. The Balaban J connectivity index is 2.23. The second kappa shape index (κ2) is 7.26. The van der Waals surface area contributed by atoms with Crippen LogP contribution in [0.2, 0.25) is 5.15 Å². The van der Waals surface area contributed by atoms with Crippen LogP contribution in [0.3, 0.4) is 0 Å². The molecule has 122 valence electrons. The van der Waals surface area contributed by atoms with Crippen molar-refractivity contribution >= 4 is 17.7 Å². The third kappa shape index (κ3) is 3.88. The second-order valence-corrected chi connectivity index (χ2v) is 5.94. The van der Waals surface area contributed by atoms with Crippen molar-refractivity contribution < 1.29 is 19.4 Å². The first-order chi connectivity index (χ1) is 10.4. The van der Waals surface area contributed by atoms with Gasteiger partial charge in [0.1, 0.15) is 11.8 Å². The van der Waals surface area contributed by atoms with E-state index < -0.39 is 12.2 Å². The lowest BCUT2D eigenvalue weighted by atomic mass is 9.82. The number of aliphatic hydroxyl groups excluding tert-OH is 1. The summed E-state index contributed by atoms with van der Waals surface area (Å²) in [5.41, 5.74) is 6.79. The quantitative estimate of drug-likeness (QED) is 0.810. The summed E-state index contributed by atoms with van der Waals surface area (Å²) in [4.78, 5) is 14.9. The number of fused-ring (bicyclic) bond motifs is 1. The number of aromatic nitrogens is 1. The minimum absolute atomic E-state index is 0.0182. The predicted octanol–water partition coefficient (Wildman–Crippen LogP) is 2.53. The fourth-order valence-electron chi connectivity index (χ4n) is 2.65. The molecule has 3 unspecified atom stereocenters. The van der Waals surface area contributed by atoms with Gasteiger partial charge in [0.2, 0.25) is 0 Å². The van der Waals surface area contributed by atoms with Gasteiger partial charge in [0.15, 0.2) is 0 Å². The Morgan fingerprint density at radius 2 is 2.27 bits per heavy atom. The minimum atomic E-state index is -0.789. The number of primary amides is 1. The Morgan fingerprint density at radius 1 is 1.55 bits per heavy atom. The van der Waals surface area contributed by atoms with E-state index in [2.05, 4.69) is 4.98 Å². The van der Waals surface area contributed by atoms with Crippen LogP contribution in [0.25, 0.3) is 0 Å². The molecule has 7 heteroatoms. The molecular weight excluding hydrogens is 308 g/mol. The first-order valence-corrected chi connectivity index (χ1v) is 7.68. The van der Waals surface area contributed by atoms with Crippen molar-refractivity contribution in [3.63, 3.8) is 0 Å². The summed E-state index contributed by atoms with van der Waals surface area (Å²) in [5, 5.41) is 10.00. The topological polar surface area (TPSA) is 94.7 Å². The number of pyridine rings is 1. The first-order valence-electron chi connectivity index (χ1n) is 7.30. The standard InChI is InChI=1S/C15H21ClN2O4/c1-8(19)9(2)22-12-4-3-10(7-21-15(17)20)11-5-6-18-14(16)13(11)12/h5-6,8-10,12,19H,3-4,7H2,1-2H3,(H2,17,20)/t8-,9?,10?,12?/m1/s1. The monoisotopic (exact) mass is 328 g/mol. The van der Waals surface area contributed by atoms with Crippen molar-refractivity contribution in [3.8, 4) is 0 Å². The van der Waals surface area contributed by atoms with Gasteiger partial charge in [-0.2, -0.15) is 0 Å². The summed E-state index contributed by atoms with van der Waals surface area (Å²) in [6.45, 7) is 3.71. The number of carbonyl (C=O) groups excluding carboxylic acids is 1. The van der Waals surface area contributed by atoms with Crippen molar-refractivity contribution in [3.05, 3.63) is 28.5 Å². The lowest BCUT2D eigenvalue weighted by Gasteiger charge is -2.33. The molecule has 1 aromatic heterocycles. The average molecular weight is 329 g/mol. The average Bonchev–Trinajstić information content (AvgIpc) is 2.46. The van der Waals surface area contributed by atoms with Crippen molar-refractivity contribution in [2.24, 2.45) is 5.73 Å². The smallest absolute Gasteiger partial charge is 0.404 e. The lowest BCUT2D eigenvalue weighted by molar-refractivity contribution is -0.0700. The lowest BCUT2D eigenvalue weighted by Crippen LogP contribution is -2.29. The third-order valence-corrected chi connectivity index (χ3v) is 4.30. The van der Waals surface area contributed by atoms with Gasteiger partial charge in [0.05, 0.1) is 18.3 Å². The number of aliphatic hydroxyl groups is 1. The zero-order chi connectivity index (χ0) is 16.3. The SMILES string of the molecule is CC(OC1CCC(COC(N)=O)c2ccnc(Cl)c21)[C@@H](C)O. The van der Waals surface area contributed by atoms with Crippen LogP contribution in [-0.2, 0) is 9.47 Å². The molecular formula is C15H21ClN2O4. The van der Waals surface area contributed by atoms with E-state index in [1.54, 1.807) is 13.1 Å². The highest BCUT2D eigenvalue weighted by Crippen LogP contribution is 2.42. The first kappa shape index (κ1) is 17.0. The molecule has 1 heterocycles. The Morgan fingerprint density at radius 3 is 2.91 bits per heavy atom. The molecule has 0 fully saturated rings. The normalized spacial score (nSPS) is 23.5. The molecule has 0 saturated heterocycles. The van der Waals surface area contributed by atoms with Crippen molar-refractivity contribution in [1.29, 1.82) is 0 Å². The molecule has 1 amide bonds. The highest BCUT2D eigenvalue weighted by atomic mass is 35.5. The van der Waals surface area contributed by atoms with E-state index in [4.69, 9.17) is 26.8 Å². The van der Waals surface area contributed by atoms with Crippen LogP contribution in [0.5, 0.6) is 0 Å². The van der Waals surface area contributed by atoms with E-state index >= 15 is 0 Å². The number of ether oxygens (including phenoxy) is 2.